The van der Waals surface area contributed by atoms with Gasteiger partial charge in [-0.15, -0.1) is 0 Å². The summed E-state index contributed by atoms with van der Waals surface area (Å²) in [5.41, 5.74) is 5.45. The molecule has 0 unspecified atom stereocenters. The van der Waals surface area contributed by atoms with Gasteiger partial charge in [0.25, 0.3) is 0 Å². The summed E-state index contributed by atoms with van der Waals surface area (Å²) >= 11 is 0. The molecule has 5 heteroatoms. The Hall–Kier alpha value is -3.21. The van der Waals surface area contributed by atoms with Gasteiger partial charge in [0.1, 0.15) is 5.82 Å². The van der Waals surface area contributed by atoms with E-state index >= 15 is 0 Å². The summed E-state index contributed by atoms with van der Waals surface area (Å²) in [6, 6.07) is 18.4. The van der Waals surface area contributed by atoms with Crippen LogP contribution in [0.3, 0.4) is 0 Å². The fourth-order valence-corrected chi connectivity index (χ4v) is 4.43. The summed E-state index contributed by atoms with van der Waals surface area (Å²) in [5.74, 6) is 1.91. The van der Waals surface area contributed by atoms with E-state index in [1.165, 1.54) is 5.56 Å². The standard InChI is InChI=1S/C27H32N4O/c1-5-24(22-11-7-6-8-12-22)27(32)31-16-14-30(15-17-31)26-20(3)21(4)28-25(29-26)23-13-9-10-19(2)18-23/h6-13,18,24H,5,14-17H2,1-4H3/t24-/m0/s1. The molecular weight excluding hydrogens is 396 g/mol. The summed E-state index contributed by atoms with van der Waals surface area (Å²) < 4.78 is 0. The Morgan fingerprint density at radius 1 is 0.938 bits per heavy atom. The van der Waals surface area contributed by atoms with E-state index in [4.69, 9.17) is 9.97 Å². The highest BCUT2D eigenvalue weighted by atomic mass is 16.2. The SMILES string of the molecule is CC[C@H](C(=O)N1CCN(c2nc(-c3cccc(C)c3)nc(C)c2C)CC1)c1ccccc1. The highest BCUT2D eigenvalue weighted by molar-refractivity contribution is 5.84. The van der Waals surface area contributed by atoms with Crippen molar-refractivity contribution in [3.05, 3.63) is 77.0 Å². The van der Waals surface area contributed by atoms with E-state index in [0.717, 1.165) is 53.5 Å². The molecule has 1 aliphatic heterocycles. The van der Waals surface area contributed by atoms with Gasteiger partial charge in [0, 0.05) is 43.0 Å². The minimum Gasteiger partial charge on any atom is -0.353 e. The second kappa shape index (κ2) is 9.51. The van der Waals surface area contributed by atoms with Crippen LogP contribution in [0.5, 0.6) is 0 Å². The van der Waals surface area contributed by atoms with E-state index in [1.807, 2.05) is 36.1 Å². The number of aryl methyl sites for hydroxylation is 2. The Morgan fingerprint density at radius 3 is 2.31 bits per heavy atom. The number of piperazine rings is 1. The molecule has 1 amide bonds. The van der Waals surface area contributed by atoms with Crippen LogP contribution in [-0.2, 0) is 4.79 Å². The third kappa shape index (κ3) is 4.52. The van der Waals surface area contributed by atoms with Gasteiger partial charge >= 0.3 is 0 Å². The number of hydrogen-bond donors (Lipinski definition) is 0. The fourth-order valence-electron chi connectivity index (χ4n) is 4.43. The van der Waals surface area contributed by atoms with Crippen LogP contribution >= 0.6 is 0 Å². The number of carbonyl (C=O) groups is 1. The van der Waals surface area contributed by atoms with Crippen molar-refractivity contribution in [3.8, 4) is 11.4 Å². The molecule has 4 rings (SSSR count). The lowest BCUT2D eigenvalue weighted by Gasteiger charge is -2.37. The van der Waals surface area contributed by atoms with Crippen molar-refractivity contribution in [2.24, 2.45) is 0 Å². The average molecular weight is 429 g/mol. The van der Waals surface area contributed by atoms with Crippen LogP contribution in [0.1, 0.15) is 41.6 Å². The molecule has 3 aromatic rings. The first-order valence-electron chi connectivity index (χ1n) is 11.5. The van der Waals surface area contributed by atoms with Crippen LogP contribution in [0.25, 0.3) is 11.4 Å². The Kier molecular flexibility index (Phi) is 6.54. The highest BCUT2D eigenvalue weighted by Crippen LogP contribution is 2.27. The summed E-state index contributed by atoms with van der Waals surface area (Å²) in [6.45, 7) is 11.3. The number of amides is 1. The third-order valence-electron chi connectivity index (χ3n) is 6.44. The van der Waals surface area contributed by atoms with Gasteiger partial charge in [-0.05, 0) is 38.8 Å². The van der Waals surface area contributed by atoms with E-state index < -0.39 is 0 Å². The molecule has 2 heterocycles. The second-order valence-electron chi connectivity index (χ2n) is 8.63. The van der Waals surface area contributed by atoms with Crippen molar-refractivity contribution in [1.29, 1.82) is 0 Å². The minimum absolute atomic E-state index is 0.0706. The molecule has 0 saturated carbocycles. The Labute approximate surface area is 191 Å². The average Bonchev–Trinajstić information content (AvgIpc) is 2.82. The zero-order chi connectivity index (χ0) is 22.7. The van der Waals surface area contributed by atoms with Gasteiger partial charge in [-0.1, -0.05) is 61.0 Å². The number of rotatable bonds is 5. The van der Waals surface area contributed by atoms with E-state index in [2.05, 4.69) is 56.0 Å². The van der Waals surface area contributed by atoms with Crippen molar-refractivity contribution < 1.29 is 4.79 Å². The van der Waals surface area contributed by atoms with Gasteiger partial charge in [0.15, 0.2) is 5.82 Å². The molecule has 0 N–H and O–H groups in total. The number of nitrogens with zero attached hydrogens (tertiary/aromatic N) is 4. The molecular formula is C27H32N4O. The molecule has 0 spiro atoms. The van der Waals surface area contributed by atoms with Gasteiger partial charge < -0.3 is 9.80 Å². The van der Waals surface area contributed by atoms with Crippen LogP contribution in [0.4, 0.5) is 5.82 Å². The Bertz CT molecular complexity index is 1090. The van der Waals surface area contributed by atoms with Crippen molar-refractivity contribution in [3.63, 3.8) is 0 Å². The third-order valence-corrected chi connectivity index (χ3v) is 6.44. The minimum atomic E-state index is -0.0706. The number of aromatic nitrogens is 2. The largest absolute Gasteiger partial charge is 0.353 e. The van der Waals surface area contributed by atoms with Crippen molar-refractivity contribution in [2.45, 2.75) is 40.0 Å². The number of hydrogen-bond acceptors (Lipinski definition) is 4. The summed E-state index contributed by atoms with van der Waals surface area (Å²) in [7, 11) is 0. The van der Waals surface area contributed by atoms with Crippen LogP contribution in [0.15, 0.2) is 54.6 Å². The van der Waals surface area contributed by atoms with E-state index in [9.17, 15) is 4.79 Å². The zero-order valence-electron chi connectivity index (χ0n) is 19.5. The lowest BCUT2D eigenvalue weighted by molar-refractivity contribution is -0.133. The topological polar surface area (TPSA) is 49.3 Å². The number of anilines is 1. The molecule has 1 fully saturated rings. The van der Waals surface area contributed by atoms with Gasteiger partial charge in [-0.2, -0.15) is 0 Å². The Balaban J connectivity index is 1.51. The van der Waals surface area contributed by atoms with Crippen molar-refractivity contribution in [1.82, 2.24) is 14.9 Å². The molecule has 0 aliphatic carbocycles. The van der Waals surface area contributed by atoms with Gasteiger partial charge in [0.2, 0.25) is 5.91 Å². The lowest BCUT2D eigenvalue weighted by atomic mass is 9.95. The van der Waals surface area contributed by atoms with E-state index in [1.54, 1.807) is 0 Å². The first-order valence-corrected chi connectivity index (χ1v) is 11.5. The maximum atomic E-state index is 13.2. The van der Waals surface area contributed by atoms with Crippen LogP contribution in [0.2, 0.25) is 0 Å². The summed E-state index contributed by atoms with van der Waals surface area (Å²) in [5, 5.41) is 0. The smallest absolute Gasteiger partial charge is 0.230 e. The summed E-state index contributed by atoms with van der Waals surface area (Å²) in [6.07, 6.45) is 0.813. The summed E-state index contributed by atoms with van der Waals surface area (Å²) in [4.78, 5) is 27.3. The van der Waals surface area contributed by atoms with E-state index in [-0.39, 0.29) is 11.8 Å². The second-order valence-corrected chi connectivity index (χ2v) is 8.63. The molecule has 0 radical (unpaired) electrons. The molecule has 1 atom stereocenters. The molecule has 1 aliphatic rings. The van der Waals surface area contributed by atoms with Crippen LogP contribution in [-0.4, -0.2) is 47.0 Å². The monoisotopic (exact) mass is 428 g/mol. The van der Waals surface area contributed by atoms with Gasteiger partial charge in [0.05, 0.1) is 5.92 Å². The molecule has 166 valence electrons. The molecule has 32 heavy (non-hydrogen) atoms. The molecule has 5 nitrogen and oxygen atoms in total. The fraction of sp³-hybridized carbons (Fsp3) is 0.370. The first kappa shape index (κ1) is 22.0. The quantitative estimate of drug-likeness (QED) is 0.579. The van der Waals surface area contributed by atoms with Gasteiger partial charge in [-0.25, -0.2) is 9.97 Å². The maximum absolute atomic E-state index is 13.2. The van der Waals surface area contributed by atoms with Crippen molar-refractivity contribution in [2.75, 3.05) is 31.1 Å². The lowest BCUT2D eigenvalue weighted by Crippen LogP contribution is -2.50. The molecule has 1 saturated heterocycles. The van der Waals surface area contributed by atoms with Crippen LogP contribution in [0, 0.1) is 20.8 Å². The highest BCUT2D eigenvalue weighted by Gasteiger charge is 2.28. The zero-order valence-corrected chi connectivity index (χ0v) is 19.5. The molecule has 0 bridgehead atoms. The van der Waals surface area contributed by atoms with E-state index in [0.29, 0.717) is 13.1 Å². The first-order chi connectivity index (χ1) is 15.5. The van der Waals surface area contributed by atoms with Crippen LogP contribution < -0.4 is 4.90 Å². The van der Waals surface area contributed by atoms with Crippen molar-refractivity contribution >= 4 is 11.7 Å². The molecule has 1 aromatic heterocycles. The number of benzene rings is 2. The maximum Gasteiger partial charge on any atom is 0.230 e. The van der Waals surface area contributed by atoms with Gasteiger partial charge in [-0.3, -0.25) is 4.79 Å². The number of carbonyl (C=O) groups excluding carboxylic acids is 1. The molecule has 2 aromatic carbocycles. The predicted octanol–water partition coefficient (Wildman–Crippen LogP) is 4.91. The Morgan fingerprint density at radius 2 is 1.66 bits per heavy atom. The normalized spacial score (nSPS) is 15.0. The predicted molar refractivity (Wildman–Crippen MR) is 130 cm³/mol.